The third-order valence-electron chi connectivity index (χ3n) is 4.55. The summed E-state index contributed by atoms with van der Waals surface area (Å²) in [6, 6.07) is 8.03. The number of amides is 1. The van der Waals surface area contributed by atoms with Gasteiger partial charge in [0.1, 0.15) is 4.99 Å². The summed E-state index contributed by atoms with van der Waals surface area (Å²) in [6.45, 7) is 2.25. The Morgan fingerprint density at radius 1 is 1.29 bits per heavy atom. The van der Waals surface area contributed by atoms with Crippen LogP contribution in [-0.4, -0.2) is 28.9 Å². The van der Waals surface area contributed by atoms with E-state index in [0.717, 1.165) is 17.5 Å². The van der Waals surface area contributed by atoms with E-state index in [2.05, 4.69) is 6.92 Å². The highest BCUT2D eigenvalue weighted by atomic mass is 32.1. The van der Waals surface area contributed by atoms with Crippen LogP contribution >= 0.6 is 12.2 Å². The lowest BCUT2D eigenvalue weighted by molar-refractivity contribution is -0.132. The summed E-state index contributed by atoms with van der Waals surface area (Å²) < 4.78 is 0. The van der Waals surface area contributed by atoms with Gasteiger partial charge in [0.15, 0.2) is 0 Å². The normalized spacial score (nSPS) is 21.8. The molecule has 2 rings (SSSR count). The second kappa shape index (κ2) is 7.03. The van der Waals surface area contributed by atoms with Gasteiger partial charge >= 0.3 is 0 Å². The predicted molar refractivity (Wildman–Crippen MR) is 90.2 cm³/mol. The number of carbonyl (C=O) groups is 1. The standard InChI is InChI=1S/C17H24N2OS/c1-12-5-3-4-6-15(12)19(2)16(20)11-13-7-9-14(10-8-13)17(18)21/h7-10,12,15H,3-6,11H2,1-2H3,(H2,18,21). The lowest BCUT2D eigenvalue weighted by atomic mass is 9.85. The molecule has 0 heterocycles. The molecule has 1 aliphatic carbocycles. The van der Waals surface area contributed by atoms with Gasteiger partial charge in [-0.1, -0.05) is 56.2 Å². The van der Waals surface area contributed by atoms with Crippen LogP contribution < -0.4 is 5.73 Å². The van der Waals surface area contributed by atoms with E-state index in [1.54, 1.807) is 0 Å². The van der Waals surface area contributed by atoms with E-state index in [1.807, 2.05) is 36.2 Å². The molecule has 3 nitrogen and oxygen atoms in total. The molecule has 21 heavy (non-hydrogen) atoms. The Labute approximate surface area is 132 Å². The van der Waals surface area contributed by atoms with Gasteiger partial charge < -0.3 is 10.6 Å². The van der Waals surface area contributed by atoms with Crippen molar-refractivity contribution in [2.45, 2.75) is 45.1 Å². The molecule has 1 aromatic carbocycles. The van der Waals surface area contributed by atoms with E-state index < -0.39 is 0 Å². The van der Waals surface area contributed by atoms with Crippen LogP contribution in [-0.2, 0) is 11.2 Å². The minimum Gasteiger partial charge on any atom is -0.389 e. The topological polar surface area (TPSA) is 46.3 Å². The quantitative estimate of drug-likeness (QED) is 0.870. The Morgan fingerprint density at radius 3 is 2.48 bits per heavy atom. The van der Waals surface area contributed by atoms with Crippen molar-refractivity contribution in [1.82, 2.24) is 4.90 Å². The Kier molecular flexibility index (Phi) is 5.34. The maximum Gasteiger partial charge on any atom is 0.226 e. The van der Waals surface area contributed by atoms with E-state index in [9.17, 15) is 4.79 Å². The highest BCUT2D eigenvalue weighted by molar-refractivity contribution is 7.80. The van der Waals surface area contributed by atoms with E-state index in [-0.39, 0.29) is 5.91 Å². The fourth-order valence-corrected chi connectivity index (χ4v) is 3.28. The second-order valence-electron chi connectivity index (χ2n) is 6.07. The molecule has 0 spiro atoms. The molecule has 0 saturated heterocycles. The van der Waals surface area contributed by atoms with Crippen molar-refractivity contribution in [2.24, 2.45) is 11.7 Å². The van der Waals surface area contributed by atoms with Gasteiger partial charge in [0.2, 0.25) is 5.91 Å². The van der Waals surface area contributed by atoms with Crippen molar-refractivity contribution in [1.29, 1.82) is 0 Å². The van der Waals surface area contributed by atoms with Gasteiger partial charge in [0, 0.05) is 18.7 Å². The third kappa shape index (κ3) is 4.03. The SMILES string of the molecule is CC1CCCCC1N(C)C(=O)Cc1ccc(C(N)=S)cc1. The van der Waals surface area contributed by atoms with Crippen LogP contribution in [0.1, 0.15) is 43.7 Å². The van der Waals surface area contributed by atoms with Crippen molar-refractivity contribution in [3.63, 3.8) is 0 Å². The minimum atomic E-state index is 0.192. The van der Waals surface area contributed by atoms with Crippen LogP contribution in [0.2, 0.25) is 0 Å². The maximum absolute atomic E-state index is 12.5. The predicted octanol–water partition coefficient (Wildman–Crippen LogP) is 2.90. The first-order valence-electron chi connectivity index (χ1n) is 7.63. The van der Waals surface area contributed by atoms with Crippen molar-refractivity contribution < 1.29 is 4.79 Å². The molecule has 0 aromatic heterocycles. The van der Waals surface area contributed by atoms with E-state index >= 15 is 0 Å². The number of nitrogens with zero attached hydrogens (tertiary/aromatic N) is 1. The molecule has 1 fully saturated rings. The fourth-order valence-electron chi connectivity index (χ4n) is 3.14. The molecule has 2 unspecified atom stereocenters. The molecule has 4 heteroatoms. The number of thiocarbonyl (C=S) groups is 1. The fraction of sp³-hybridized carbons (Fsp3) is 0.529. The van der Waals surface area contributed by atoms with Gasteiger partial charge in [-0.15, -0.1) is 0 Å². The zero-order valence-corrected chi connectivity index (χ0v) is 13.7. The number of benzene rings is 1. The molecule has 1 amide bonds. The summed E-state index contributed by atoms with van der Waals surface area (Å²) in [7, 11) is 1.94. The maximum atomic E-state index is 12.5. The van der Waals surface area contributed by atoms with Gasteiger partial charge in [-0.05, 0) is 24.3 Å². The number of nitrogens with two attached hydrogens (primary N) is 1. The smallest absolute Gasteiger partial charge is 0.226 e. The molecule has 1 aliphatic rings. The number of hydrogen-bond acceptors (Lipinski definition) is 2. The summed E-state index contributed by atoms with van der Waals surface area (Å²) in [5.41, 5.74) is 7.43. The first kappa shape index (κ1) is 16.0. The van der Waals surface area contributed by atoms with Crippen LogP contribution in [0, 0.1) is 5.92 Å². The Hall–Kier alpha value is -1.42. The molecule has 0 radical (unpaired) electrons. The summed E-state index contributed by atoms with van der Waals surface area (Å²) >= 11 is 4.94. The zero-order chi connectivity index (χ0) is 15.4. The van der Waals surface area contributed by atoms with Gasteiger partial charge in [-0.25, -0.2) is 0 Å². The summed E-state index contributed by atoms with van der Waals surface area (Å²) in [5, 5.41) is 0. The summed E-state index contributed by atoms with van der Waals surface area (Å²) in [4.78, 5) is 14.8. The van der Waals surface area contributed by atoms with Crippen LogP contribution in [0.25, 0.3) is 0 Å². The summed E-state index contributed by atoms with van der Waals surface area (Å²) in [5.74, 6) is 0.793. The second-order valence-corrected chi connectivity index (χ2v) is 6.51. The largest absolute Gasteiger partial charge is 0.389 e. The van der Waals surface area contributed by atoms with Gasteiger partial charge in [0.25, 0.3) is 0 Å². The number of likely N-dealkylation sites (N-methyl/N-ethyl adjacent to an activating group) is 1. The average molecular weight is 304 g/mol. The van der Waals surface area contributed by atoms with Gasteiger partial charge in [0.05, 0.1) is 6.42 Å². The molecule has 1 saturated carbocycles. The summed E-state index contributed by atoms with van der Waals surface area (Å²) in [6.07, 6.45) is 5.32. The van der Waals surface area contributed by atoms with Crippen LogP contribution in [0.3, 0.4) is 0 Å². The minimum absolute atomic E-state index is 0.192. The van der Waals surface area contributed by atoms with Crippen molar-refractivity contribution >= 4 is 23.1 Å². The molecule has 1 aromatic rings. The Bertz CT molecular complexity index is 512. The van der Waals surface area contributed by atoms with Gasteiger partial charge in [-0.3, -0.25) is 4.79 Å². The number of hydrogen-bond donors (Lipinski definition) is 1. The molecule has 2 N–H and O–H groups in total. The monoisotopic (exact) mass is 304 g/mol. The molecule has 114 valence electrons. The number of rotatable bonds is 4. The van der Waals surface area contributed by atoms with E-state index in [0.29, 0.717) is 23.4 Å². The Balaban J connectivity index is 1.98. The van der Waals surface area contributed by atoms with Crippen LogP contribution in [0.15, 0.2) is 24.3 Å². The first-order chi connectivity index (χ1) is 9.99. The van der Waals surface area contributed by atoms with Crippen molar-refractivity contribution in [3.8, 4) is 0 Å². The first-order valence-corrected chi connectivity index (χ1v) is 8.04. The lowest BCUT2D eigenvalue weighted by Gasteiger charge is -2.36. The van der Waals surface area contributed by atoms with Gasteiger partial charge in [-0.2, -0.15) is 0 Å². The molecular weight excluding hydrogens is 280 g/mol. The van der Waals surface area contributed by atoms with Crippen molar-refractivity contribution in [3.05, 3.63) is 35.4 Å². The van der Waals surface area contributed by atoms with Crippen LogP contribution in [0.4, 0.5) is 0 Å². The molecular formula is C17H24N2OS. The third-order valence-corrected chi connectivity index (χ3v) is 4.79. The highest BCUT2D eigenvalue weighted by Crippen LogP contribution is 2.27. The van der Waals surface area contributed by atoms with E-state index in [1.165, 1.54) is 19.3 Å². The molecule has 0 aliphatic heterocycles. The van der Waals surface area contributed by atoms with E-state index in [4.69, 9.17) is 18.0 Å². The average Bonchev–Trinajstić information content (AvgIpc) is 2.47. The molecule has 0 bridgehead atoms. The van der Waals surface area contributed by atoms with Crippen molar-refractivity contribution in [2.75, 3.05) is 7.05 Å². The number of carbonyl (C=O) groups excluding carboxylic acids is 1. The lowest BCUT2D eigenvalue weighted by Crippen LogP contribution is -2.43. The zero-order valence-electron chi connectivity index (χ0n) is 12.8. The Morgan fingerprint density at radius 2 is 1.90 bits per heavy atom. The van der Waals surface area contributed by atoms with Crippen LogP contribution in [0.5, 0.6) is 0 Å². The molecule has 2 atom stereocenters. The highest BCUT2D eigenvalue weighted by Gasteiger charge is 2.27.